The van der Waals surface area contributed by atoms with E-state index in [1.54, 1.807) is 19.4 Å². The molecule has 120 valence electrons. The minimum Gasteiger partial charge on any atom is -0.347 e. The van der Waals surface area contributed by atoms with E-state index in [1.807, 2.05) is 18.3 Å². The molecule has 0 unspecified atom stereocenters. The second-order valence-electron chi connectivity index (χ2n) is 5.98. The average molecular weight is 318 g/mol. The van der Waals surface area contributed by atoms with Crippen LogP contribution in [0.25, 0.3) is 33.3 Å². The maximum Gasteiger partial charge on any atom is 0.277 e. The highest BCUT2D eigenvalue weighted by Crippen LogP contribution is 2.31. The summed E-state index contributed by atoms with van der Waals surface area (Å²) in [7, 11) is 1.70. The van der Waals surface area contributed by atoms with Crippen molar-refractivity contribution in [2.45, 2.75) is 19.9 Å². The van der Waals surface area contributed by atoms with Gasteiger partial charge in [-0.25, -0.2) is 4.68 Å². The van der Waals surface area contributed by atoms with Gasteiger partial charge in [-0.3, -0.25) is 9.78 Å². The molecule has 0 atom stereocenters. The van der Waals surface area contributed by atoms with Gasteiger partial charge in [-0.05, 0) is 41.8 Å². The Morgan fingerprint density at radius 3 is 2.62 bits per heavy atom. The van der Waals surface area contributed by atoms with Crippen LogP contribution in [0.4, 0.5) is 0 Å². The lowest BCUT2D eigenvalue weighted by Gasteiger charge is -2.14. The van der Waals surface area contributed by atoms with Crippen molar-refractivity contribution in [1.29, 1.82) is 0 Å². The molecular weight excluding hydrogens is 300 g/mol. The van der Waals surface area contributed by atoms with Crippen molar-refractivity contribution in [1.82, 2.24) is 19.3 Å². The van der Waals surface area contributed by atoms with Crippen LogP contribution in [0.15, 0.2) is 53.7 Å². The Hall–Kier alpha value is -2.95. The van der Waals surface area contributed by atoms with E-state index < -0.39 is 0 Å². The number of benzene rings is 1. The van der Waals surface area contributed by atoms with Crippen LogP contribution < -0.4 is 5.56 Å². The summed E-state index contributed by atoms with van der Waals surface area (Å²) >= 11 is 0. The number of pyridine rings is 2. The summed E-state index contributed by atoms with van der Waals surface area (Å²) in [6.45, 7) is 3.00. The molecule has 0 bridgehead atoms. The molecule has 0 aliphatic carbocycles. The Bertz CT molecular complexity index is 1050. The molecule has 0 saturated heterocycles. The lowest BCUT2D eigenvalue weighted by atomic mass is 10.0. The van der Waals surface area contributed by atoms with Gasteiger partial charge >= 0.3 is 0 Å². The lowest BCUT2D eigenvalue weighted by Crippen LogP contribution is -2.12. The van der Waals surface area contributed by atoms with E-state index in [-0.39, 0.29) is 5.56 Å². The zero-order chi connectivity index (χ0) is 16.7. The highest BCUT2D eigenvalue weighted by molar-refractivity contribution is 5.95. The van der Waals surface area contributed by atoms with Gasteiger partial charge in [-0.1, -0.05) is 13.0 Å². The highest BCUT2D eigenvalue weighted by atomic mass is 16.1. The summed E-state index contributed by atoms with van der Waals surface area (Å²) in [5.41, 5.74) is 4.75. The summed E-state index contributed by atoms with van der Waals surface area (Å²) in [5, 5.41) is 5.44. The summed E-state index contributed by atoms with van der Waals surface area (Å²) in [5.74, 6) is 0. The molecule has 2 aliphatic rings. The smallest absolute Gasteiger partial charge is 0.277 e. The van der Waals surface area contributed by atoms with Crippen LogP contribution in [0.5, 0.6) is 0 Å². The third kappa shape index (κ3) is 2.21. The Labute approximate surface area is 139 Å². The van der Waals surface area contributed by atoms with Gasteiger partial charge in [0, 0.05) is 37.6 Å². The number of hydrogen-bond acceptors (Lipinski definition) is 3. The minimum atomic E-state index is -0.0463. The molecule has 1 aromatic carbocycles. The molecule has 0 saturated carbocycles. The summed E-state index contributed by atoms with van der Waals surface area (Å²) < 4.78 is 3.57. The molecule has 0 N–H and O–H groups in total. The van der Waals surface area contributed by atoms with Gasteiger partial charge in [0.25, 0.3) is 5.56 Å². The summed E-state index contributed by atoms with van der Waals surface area (Å²) in [6.07, 6.45) is 6.53. The van der Waals surface area contributed by atoms with Crippen molar-refractivity contribution in [3.05, 3.63) is 59.3 Å². The average Bonchev–Trinajstić information content (AvgIpc) is 2.91. The Morgan fingerprint density at radius 2 is 1.88 bits per heavy atom. The monoisotopic (exact) mass is 318 g/mol. The van der Waals surface area contributed by atoms with E-state index in [0.717, 1.165) is 40.7 Å². The molecule has 24 heavy (non-hydrogen) atoms. The normalized spacial score (nSPS) is 11.4. The van der Waals surface area contributed by atoms with E-state index in [1.165, 1.54) is 4.68 Å². The van der Waals surface area contributed by atoms with Crippen LogP contribution in [0, 0.1) is 0 Å². The zero-order valence-corrected chi connectivity index (χ0v) is 13.7. The molecule has 2 aromatic rings. The molecule has 0 spiro atoms. The Kier molecular flexibility index (Phi) is 3.41. The first-order valence-corrected chi connectivity index (χ1v) is 8.09. The first-order valence-electron chi connectivity index (χ1n) is 8.09. The van der Waals surface area contributed by atoms with Crippen LogP contribution in [0.1, 0.15) is 13.3 Å². The number of rotatable bonds is 3. The number of nitrogens with zero attached hydrogens (tertiary/aromatic N) is 4. The van der Waals surface area contributed by atoms with Crippen LogP contribution >= 0.6 is 0 Å². The van der Waals surface area contributed by atoms with E-state index in [4.69, 9.17) is 0 Å². The number of aryl methyl sites for hydroxylation is 2. The van der Waals surface area contributed by atoms with E-state index in [0.29, 0.717) is 5.56 Å². The first kappa shape index (κ1) is 14.6. The van der Waals surface area contributed by atoms with Gasteiger partial charge in [0.05, 0.1) is 11.1 Å². The summed E-state index contributed by atoms with van der Waals surface area (Å²) in [6, 6.07) is 10.3. The predicted molar refractivity (Wildman–Crippen MR) is 95.1 cm³/mol. The third-order valence-corrected chi connectivity index (χ3v) is 4.35. The van der Waals surface area contributed by atoms with Gasteiger partial charge in [0.1, 0.15) is 5.69 Å². The van der Waals surface area contributed by atoms with Crippen molar-refractivity contribution in [2.75, 3.05) is 0 Å². The first-order chi connectivity index (χ1) is 11.7. The number of fused-ring (bicyclic) bond motifs is 3. The molecule has 5 nitrogen and oxygen atoms in total. The van der Waals surface area contributed by atoms with Gasteiger partial charge in [-0.2, -0.15) is 5.10 Å². The number of aromatic nitrogens is 4. The van der Waals surface area contributed by atoms with Crippen molar-refractivity contribution < 1.29 is 0 Å². The highest BCUT2D eigenvalue weighted by Gasteiger charge is 2.18. The van der Waals surface area contributed by atoms with Crippen LogP contribution in [0.2, 0.25) is 0 Å². The molecule has 0 radical (unpaired) electrons. The lowest BCUT2D eigenvalue weighted by molar-refractivity contribution is 0.698. The fourth-order valence-corrected chi connectivity index (χ4v) is 3.18. The van der Waals surface area contributed by atoms with Crippen LogP contribution in [0.3, 0.4) is 0 Å². The molecule has 0 amide bonds. The standard InChI is InChI=1S/C19H18N4O/c1-3-10-23-12-16-18(21-22(2)19(16)24)15-5-4-14(11-17(15)23)13-6-8-20-9-7-13/h4-9,11-12H,3,10H2,1-2H3. The molecule has 0 fully saturated rings. The third-order valence-electron chi connectivity index (χ3n) is 4.35. The van der Waals surface area contributed by atoms with Crippen molar-refractivity contribution in [2.24, 2.45) is 7.05 Å². The van der Waals surface area contributed by atoms with Gasteiger partial charge in [-0.15, -0.1) is 0 Å². The van der Waals surface area contributed by atoms with Gasteiger partial charge in [0.15, 0.2) is 0 Å². The van der Waals surface area contributed by atoms with E-state index in [9.17, 15) is 4.79 Å². The Morgan fingerprint density at radius 1 is 1.08 bits per heavy atom. The summed E-state index contributed by atoms with van der Waals surface area (Å²) in [4.78, 5) is 16.4. The predicted octanol–water partition coefficient (Wildman–Crippen LogP) is 3.31. The van der Waals surface area contributed by atoms with Gasteiger partial charge in [0.2, 0.25) is 0 Å². The molecule has 5 heteroatoms. The zero-order valence-electron chi connectivity index (χ0n) is 13.7. The maximum absolute atomic E-state index is 12.3. The maximum atomic E-state index is 12.3. The SMILES string of the molecule is CCCn1cc2c(=O)n(C)nc-2c2ccc(-c3ccncc3)cc21. The number of hydrogen-bond donors (Lipinski definition) is 0. The molecule has 2 aliphatic heterocycles. The van der Waals surface area contributed by atoms with Crippen molar-refractivity contribution in [3.8, 4) is 22.4 Å². The fraction of sp³-hybridized carbons (Fsp3) is 0.211. The topological polar surface area (TPSA) is 52.7 Å². The molecule has 4 rings (SSSR count). The molecule has 3 heterocycles. The van der Waals surface area contributed by atoms with Crippen molar-refractivity contribution in [3.63, 3.8) is 0 Å². The largest absolute Gasteiger partial charge is 0.347 e. The fourth-order valence-electron chi connectivity index (χ4n) is 3.18. The second-order valence-corrected chi connectivity index (χ2v) is 5.98. The van der Waals surface area contributed by atoms with Crippen molar-refractivity contribution >= 4 is 10.9 Å². The molecular formula is C19H18N4O. The van der Waals surface area contributed by atoms with E-state index >= 15 is 0 Å². The van der Waals surface area contributed by atoms with Gasteiger partial charge < -0.3 is 4.57 Å². The second kappa shape index (κ2) is 5.60. The van der Waals surface area contributed by atoms with Crippen LogP contribution in [-0.2, 0) is 13.6 Å². The molecule has 1 aromatic heterocycles. The Balaban J connectivity index is 2.05. The quantitative estimate of drug-likeness (QED) is 0.582. The van der Waals surface area contributed by atoms with Crippen LogP contribution in [-0.4, -0.2) is 19.3 Å². The van der Waals surface area contributed by atoms with E-state index in [2.05, 4.69) is 39.8 Å². The minimum absolute atomic E-state index is 0.0463.